The topological polar surface area (TPSA) is 12.5 Å². The molecule has 0 aromatic heterocycles. The van der Waals surface area contributed by atoms with Gasteiger partial charge in [0.25, 0.3) is 0 Å². The molecule has 0 bridgehead atoms. The van der Waals surface area contributed by atoms with Crippen molar-refractivity contribution in [2.45, 2.75) is 12.6 Å². The van der Waals surface area contributed by atoms with Crippen LogP contribution in [0.4, 0.5) is 0 Å². The predicted molar refractivity (Wildman–Crippen MR) is 65.3 cm³/mol. The monoisotopic (exact) mass is 223 g/mol. The molecule has 1 unspecified atom stereocenters. The minimum atomic E-state index is 0.297. The van der Waals surface area contributed by atoms with Crippen molar-refractivity contribution in [3.63, 3.8) is 0 Å². The van der Waals surface area contributed by atoms with Crippen molar-refractivity contribution in [1.82, 2.24) is 4.90 Å². The van der Waals surface area contributed by atoms with E-state index in [9.17, 15) is 0 Å². The molecule has 1 heterocycles. The second-order valence-electron chi connectivity index (χ2n) is 3.90. The molecule has 0 saturated carbocycles. The summed E-state index contributed by atoms with van der Waals surface area (Å²) in [4.78, 5) is 2.43. The zero-order valence-corrected chi connectivity index (χ0v) is 9.70. The summed E-state index contributed by atoms with van der Waals surface area (Å²) < 4.78 is 5.58. The van der Waals surface area contributed by atoms with Crippen LogP contribution in [-0.2, 0) is 11.3 Å². The zero-order chi connectivity index (χ0) is 10.5. The van der Waals surface area contributed by atoms with Gasteiger partial charge in [-0.25, -0.2) is 0 Å². The highest BCUT2D eigenvalue weighted by atomic mass is 32.1. The van der Waals surface area contributed by atoms with Gasteiger partial charge in [0.1, 0.15) is 0 Å². The second-order valence-corrected chi connectivity index (χ2v) is 4.26. The summed E-state index contributed by atoms with van der Waals surface area (Å²) in [6.07, 6.45) is 0.297. The first-order valence-electron chi connectivity index (χ1n) is 5.37. The van der Waals surface area contributed by atoms with Crippen LogP contribution < -0.4 is 0 Å². The van der Waals surface area contributed by atoms with Crippen LogP contribution in [0.25, 0.3) is 0 Å². The van der Waals surface area contributed by atoms with Crippen LogP contribution >= 0.6 is 12.6 Å². The number of benzene rings is 1. The van der Waals surface area contributed by atoms with E-state index in [0.717, 1.165) is 32.0 Å². The summed E-state index contributed by atoms with van der Waals surface area (Å²) in [5.74, 6) is 0.811. The maximum absolute atomic E-state index is 5.58. The Bertz CT molecular complexity index is 291. The summed E-state index contributed by atoms with van der Waals surface area (Å²) >= 11 is 4.28. The van der Waals surface area contributed by atoms with E-state index in [2.05, 4.69) is 47.9 Å². The molecule has 0 N–H and O–H groups in total. The normalized spacial score (nSPS) is 22.9. The molecule has 1 atom stereocenters. The molecular weight excluding hydrogens is 206 g/mol. The van der Waals surface area contributed by atoms with Crippen molar-refractivity contribution in [2.24, 2.45) is 0 Å². The first-order chi connectivity index (χ1) is 7.38. The Labute approximate surface area is 96.6 Å². The minimum Gasteiger partial charge on any atom is -0.375 e. The molecule has 1 saturated heterocycles. The standard InChI is InChI=1S/C12H17NOS/c15-10-12-9-13(6-7-14-12)8-11-4-2-1-3-5-11/h1-5,12,15H,6-10H2. The molecule has 3 heteroatoms. The summed E-state index contributed by atoms with van der Waals surface area (Å²) in [5, 5.41) is 0. The minimum absolute atomic E-state index is 0.297. The van der Waals surface area contributed by atoms with Gasteiger partial charge in [0.2, 0.25) is 0 Å². The lowest BCUT2D eigenvalue weighted by atomic mass is 10.2. The molecular formula is C12H17NOS. The number of rotatable bonds is 3. The van der Waals surface area contributed by atoms with Crippen molar-refractivity contribution >= 4 is 12.6 Å². The highest BCUT2D eigenvalue weighted by Gasteiger charge is 2.18. The maximum Gasteiger partial charge on any atom is 0.0790 e. The number of thiol groups is 1. The maximum atomic E-state index is 5.58. The molecule has 1 aliphatic rings. The van der Waals surface area contributed by atoms with E-state index >= 15 is 0 Å². The van der Waals surface area contributed by atoms with Crippen molar-refractivity contribution in [3.8, 4) is 0 Å². The fourth-order valence-electron chi connectivity index (χ4n) is 1.88. The fraction of sp³-hybridized carbons (Fsp3) is 0.500. The second kappa shape index (κ2) is 5.54. The van der Waals surface area contributed by atoms with Crippen LogP contribution in [0.5, 0.6) is 0 Å². The van der Waals surface area contributed by atoms with Gasteiger partial charge in [-0.05, 0) is 5.56 Å². The Morgan fingerprint density at radius 1 is 1.33 bits per heavy atom. The van der Waals surface area contributed by atoms with Gasteiger partial charge in [-0.15, -0.1) is 0 Å². The molecule has 15 heavy (non-hydrogen) atoms. The smallest absolute Gasteiger partial charge is 0.0790 e. The molecule has 2 rings (SSSR count). The summed E-state index contributed by atoms with van der Waals surface area (Å²) in [7, 11) is 0. The lowest BCUT2D eigenvalue weighted by molar-refractivity contribution is -0.0185. The molecule has 0 amide bonds. The van der Waals surface area contributed by atoms with Gasteiger partial charge in [0.05, 0.1) is 12.7 Å². The lowest BCUT2D eigenvalue weighted by Gasteiger charge is -2.32. The van der Waals surface area contributed by atoms with Gasteiger partial charge in [0, 0.05) is 25.4 Å². The fourth-order valence-corrected chi connectivity index (χ4v) is 2.10. The molecule has 1 fully saturated rings. The van der Waals surface area contributed by atoms with Gasteiger partial charge in [-0.3, -0.25) is 4.90 Å². The van der Waals surface area contributed by atoms with Gasteiger partial charge in [-0.2, -0.15) is 12.6 Å². The van der Waals surface area contributed by atoms with Crippen LogP contribution in [0, 0.1) is 0 Å². The first-order valence-corrected chi connectivity index (χ1v) is 6.00. The van der Waals surface area contributed by atoms with Gasteiger partial charge < -0.3 is 4.74 Å². The quantitative estimate of drug-likeness (QED) is 0.785. The van der Waals surface area contributed by atoms with Crippen molar-refractivity contribution < 1.29 is 4.74 Å². The molecule has 0 aliphatic carbocycles. The van der Waals surface area contributed by atoms with E-state index in [0.29, 0.717) is 6.10 Å². The summed E-state index contributed by atoms with van der Waals surface area (Å²) in [6.45, 7) is 3.88. The Balaban J connectivity index is 1.89. The molecule has 0 spiro atoms. The molecule has 1 aliphatic heterocycles. The molecule has 1 aromatic carbocycles. The molecule has 2 nitrogen and oxygen atoms in total. The van der Waals surface area contributed by atoms with Gasteiger partial charge >= 0.3 is 0 Å². The van der Waals surface area contributed by atoms with Gasteiger partial charge in [-0.1, -0.05) is 30.3 Å². The van der Waals surface area contributed by atoms with Crippen LogP contribution in [0.1, 0.15) is 5.56 Å². The average Bonchev–Trinajstić information content (AvgIpc) is 2.31. The third kappa shape index (κ3) is 3.23. The summed E-state index contributed by atoms with van der Waals surface area (Å²) in [5.41, 5.74) is 1.37. The van der Waals surface area contributed by atoms with Crippen molar-refractivity contribution in [2.75, 3.05) is 25.4 Å². The van der Waals surface area contributed by atoms with E-state index in [1.165, 1.54) is 5.56 Å². The number of hydrogen-bond acceptors (Lipinski definition) is 3. The van der Waals surface area contributed by atoms with Crippen molar-refractivity contribution in [1.29, 1.82) is 0 Å². The number of nitrogens with zero attached hydrogens (tertiary/aromatic N) is 1. The average molecular weight is 223 g/mol. The number of hydrogen-bond donors (Lipinski definition) is 1. The van der Waals surface area contributed by atoms with Crippen LogP contribution in [0.3, 0.4) is 0 Å². The lowest BCUT2D eigenvalue weighted by Crippen LogP contribution is -2.42. The Morgan fingerprint density at radius 2 is 2.13 bits per heavy atom. The van der Waals surface area contributed by atoms with Crippen LogP contribution in [-0.4, -0.2) is 36.5 Å². The van der Waals surface area contributed by atoms with E-state index < -0.39 is 0 Å². The molecule has 82 valence electrons. The highest BCUT2D eigenvalue weighted by molar-refractivity contribution is 7.80. The molecule has 0 radical (unpaired) electrons. The summed E-state index contributed by atoms with van der Waals surface area (Å²) in [6, 6.07) is 10.6. The van der Waals surface area contributed by atoms with Crippen molar-refractivity contribution in [3.05, 3.63) is 35.9 Å². The van der Waals surface area contributed by atoms with E-state index in [-0.39, 0.29) is 0 Å². The van der Waals surface area contributed by atoms with E-state index in [4.69, 9.17) is 4.74 Å². The third-order valence-electron chi connectivity index (χ3n) is 2.68. The highest BCUT2D eigenvalue weighted by Crippen LogP contribution is 2.10. The SMILES string of the molecule is SCC1CN(Cc2ccccc2)CCO1. The number of ether oxygens (including phenoxy) is 1. The van der Waals surface area contributed by atoms with Crippen LogP contribution in [0.2, 0.25) is 0 Å². The zero-order valence-electron chi connectivity index (χ0n) is 8.80. The number of morpholine rings is 1. The largest absolute Gasteiger partial charge is 0.375 e. The Kier molecular flexibility index (Phi) is 4.06. The molecule has 1 aromatic rings. The van der Waals surface area contributed by atoms with E-state index in [1.54, 1.807) is 0 Å². The predicted octanol–water partition coefficient (Wildman–Crippen LogP) is 1.82. The Hall–Kier alpha value is -0.510. The van der Waals surface area contributed by atoms with E-state index in [1.807, 2.05) is 0 Å². The first kappa shape index (κ1) is 11.0. The van der Waals surface area contributed by atoms with Crippen LogP contribution in [0.15, 0.2) is 30.3 Å². The third-order valence-corrected chi connectivity index (χ3v) is 3.08. The Morgan fingerprint density at radius 3 is 2.87 bits per heavy atom. The van der Waals surface area contributed by atoms with Gasteiger partial charge in [0.15, 0.2) is 0 Å².